The molecule has 0 spiro atoms. The van der Waals surface area contributed by atoms with Gasteiger partial charge in [0.1, 0.15) is 23.7 Å². The molecule has 2 amide bonds. The second kappa shape index (κ2) is 15.3. The molecule has 0 bridgehead atoms. The molecule has 2 aliphatic heterocycles. The number of aliphatic carboxylic acids is 1. The number of ether oxygens (including phenoxy) is 1. The van der Waals surface area contributed by atoms with Crippen molar-refractivity contribution in [3.63, 3.8) is 0 Å². The monoisotopic (exact) mass is 703 g/mol. The Labute approximate surface area is 279 Å². The van der Waals surface area contributed by atoms with E-state index in [-0.39, 0.29) is 34.8 Å². The standard InChI is InChI=1S/C26H29N11O7S3/c1-13(24(42)43-10-14-6-3-2-4-7-14)44-32-16(19-30-25(28)47-33-19)20(38)29-17-21(39)37-18(23(40)41)15(11-45-22(17)37)12-46-26-31-34-35-36(26)9-5-8-27/h2-4,6-7,13,17,22H,5,8-12,27H2,1H3,(H,29,38)(H,40,41)(H2,28,30,33)/b32-16+. The number of amides is 2. The highest BCUT2D eigenvalue weighted by Gasteiger charge is 2.54. The maximum absolute atomic E-state index is 13.4. The van der Waals surface area contributed by atoms with Crippen molar-refractivity contribution in [3.05, 3.63) is 53.0 Å². The number of rotatable bonds is 15. The fourth-order valence-corrected chi connectivity index (χ4v) is 7.20. The number of hydrogen-bond donors (Lipinski definition) is 4. The molecular formula is C26H29N11O7S3. The molecule has 0 radical (unpaired) electrons. The zero-order valence-corrected chi connectivity index (χ0v) is 27.2. The maximum Gasteiger partial charge on any atom is 0.352 e. The number of fused-ring (bicyclic) bond motifs is 1. The lowest BCUT2D eigenvalue weighted by Crippen LogP contribution is -2.71. The Hall–Kier alpha value is -4.60. The average Bonchev–Trinajstić information content (AvgIpc) is 3.72. The number of aromatic nitrogens is 6. The molecular weight excluding hydrogens is 675 g/mol. The Balaban J connectivity index is 1.25. The van der Waals surface area contributed by atoms with E-state index in [9.17, 15) is 24.3 Å². The number of nitrogen functional groups attached to an aromatic ring is 1. The molecule has 5 rings (SSSR count). The van der Waals surface area contributed by atoms with Gasteiger partial charge in [-0.15, -0.1) is 16.9 Å². The summed E-state index contributed by atoms with van der Waals surface area (Å²) in [5, 5.41) is 27.8. The van der Waals surface area contributed by atoms with Gasteiger partial charge in [0.2, 0.25) is 22.8 Å². The molecule has 3 aromatic rings. The SMILES string of the molecule is CC(O/N=C(/C(=O)NC1C(=O)N2C(C(=O)O)=C(CSc3nnnn3CCCN)CSC12)c1nsc(N)n1)C(=O)OCc1ccccc1. The summed E-state index contributed by atoms with van der Waals surface area (Å²) in [6, 6.07) is 7.93. The first-order chi connectivity index (χ1) is 22.7. The summed E-state index contributed by atoms with van der Waals surface area (Å²) in [5.74, 6) is -3.23. The van der Waals surface area contributed by atoms with Crippen LogP contribution < -0.4 is 16.8 Å². The highest BCUT2D eigenvalue weighted by atomic mass is 32.2. The number of hydrogen-bond acceptors (Lipinski definition) is 17. The number of oxime groups is 1. The number of thioether (sulfide) groups is 2. The molecule has 6 N–H and O–H groups in total. The minimum absolute atomic E-state index is 0.00868. The Kier molecular flexibility index (Phi) is 11.0. The molecule has 47 heavy (non-hydrogen) atoms. The number of carbonyl (C=O) groups excluding carboxylic acids is 3. The number of β-lactam (4-membered cyclic amide) rings is 1. The summed E-state index contributed by atoms with van der Waals surface area (Å²) in [6.45, 7) is 2.37. The largest absolute Gasteiger partial charge is 0.477 e. The smallest absolute Gasteiger partial charge is 0.352 e. The fraction of sp³-hybridized carbons (Fsp3) is 0.385. The van der Waals surface area contributed by atoms with Gasteiger partial charge in [0.05, 0.1) is 0 Å². The van der Waals surface area contributed by atoms with Gasteiger partial charge in [-0.05, 0) is 41.5 Å². The molecule has 1 fully saturated rings. The highest BCUT2D eigenvalue weighted by Crippen LogP contribution is 2.41. The van der Waals surface area contributed by atoms with E-state index in [1.54, 1.807) is 28.9 Å². The van der Waals surface area contributed by atoms with Gasteiger partial charge in [-0.1, -0.05) is 47.2 Å². The molecule has 1 saturated heterocycles. The van der Waals surface area contributed by atoms with Gasteiger partial charge in [-0.3, -0.25) is 14.5 Å². The van der Waals surface area contributed by atoms with Gasteiger partial charge in [-0.25, -0.2) is 14.3 Å². The van der Waals surface area contributed by atoms with Crippen LogP contribution in [0.25, 0.3) is 0 Å². The van der Waals surface area contributed by atoms with Crippen molar-refractivity contribution in [1.82, 2.24) is 39.8 Å². The average molecular weight is 704 g/mol. The molecule has 248 valence electrons. The van der Waals surface area contributed by atoms with Crippen molar-refractivity contribution in [2.45, 2.75) is 49.2 Å². The third-order valence-electron chi connectivity index (χ3n) is 6.71. The molecule has 4 heterocycles. The topological polar surface area (TPSA) is 256 Å². The molecule has 3 atom stereocenters. The second-order valence-electron chi connectivity index (χ2n) is 9.97. The quantitative estimate of drug-likeness (QED) is 0.0527. The molecule has 1 aromatic carbocycles. The Morgan fingerprint density at radius 1 is 1.28 bits per heavy atom. The zero-order chi connectivity index (χ0) is 33.5. The van der Waals surface area contributed by atoms with Gasteiger partial charge in [0, 0.05) is 29.6 Å². The van der Waals surface area contributed by atoms with Crippen LogP contribution in [-0.4, -0.2) is 105 Å². The minimum Gasteiger partial charge on any atom is -0.477 e. The second-order valence-corrected chi connectivity index (χ2v) is 12.8. The van der Waals surface area contributed by atoms with E-state index in [2.05, 4.69) is 35.4 Å². The third-order valence-corrected chi connectivity index (χ3v) is 9.64. The van der Waals surface area contributed by atoms with Crippen LogP contribution in [0.2, 0.25) is 0 Å². The fourth-order valence-electron chi connectivity index (χ4n) is 4.37. The number of carboxylic acids is 1. The third kappa shape index (κ3) is 7.86. The van der Waals surface area contributed by atoms with Crippen molar-refractivity contribution in [1.29, 1.82) is 0 Å². The van der Waals surface area contributed by atoms with Gasteiger partial charge in [0.15, 0.2) is 5.13 Å². The zero-order valence-electron chi connectivity index (χ0n) is 24.7. The van der Waals surface area contributed by atoms with Crippen molar-refractivity contribution in [2.75, 3.05) is 23.8 Å². The van der Waals surface area contributed by atoms with E-state index in [4.69, 9.17) is 21.0 Å². The first kappa shape index (κ1) is 33.8. The Bertz CT molecular complexity index is 1700. The Morgan fingerprint density at radius 2 is 2.06 bits per heavy atom. The molecule has 0 saturated carbocycles. The Morgan fingerprint density at radius 3 is 2.77 bits per heavy atom. The lowest BCUT2D eigenvalue weighted by atomic mass is 10.0. The van der Waals surface area contributed by atoms with Crippen molar-refractivity contribution in [2.24, 2.45) is 10.9 Å². The normalized spacial score (nSPS) is 18.3. The molecule has 2 aliphatic rings. The van der Waals surface area contributed by atoms with Gasteiger partial charge < -0.3 is 31.5 Å². The summed E-state index contributed by atoms with van der Waals surface area (Å²) in [4.78, 5) is 61.8. The van der Waals surface area contributed by atoms with E-state index >= 15 is 0 Å². The van der Waals surface area contributed by atoms with Crippen LogP contribution in [0.1, 0.15) is 24.7 Å². The van der Waals surface area contributed by atoms with Crippen molar-refractivity contribution >= 4 is 69.7 Å². The number of benzene rings is 1. The number of carboxylic acid groups (broad SMARTS) is 1. The van der Waals surface area contributed by atoms with Crippen LogP contribution in [0.4, 0.5) is 5.13 Å². The van der Waals surface area contributed by atoms with Crippen LogP contribution in [-0.2, 0) is 41.9 Å². The summed E-state index contributed by atoms with van der Waals surface area (Å²) in [5.41, 5.74) is 11.9. The van der Waals surface area contributed by atoms with Crippen LogP contribution in [0, 0.1) is 0 Å². The van der Waals surface area contributed by atoms with Gasteiger partial charge in [-0.2, -0.15) is 9.36 Å². The van der Waals surface area contributed by atoms with E-state index in [1.807, 2.05) is 6.07 Å². The molecule has 18 nitrogen and oxygen atoms in total. The lowest BCUT2D eigenvalue weighted by Gasteiger charge is -2.49. The van der Waals surface area contributed by atoms with Crippen molar-refractivity contribution in [3.8, 4) is 0 Å². The van der Waals surface area contributed by atoms with E-state index in [1.165, 1.54) is 30.4 Å². The molecule has 21 heteroatoms. The predicted molar refractivity (Wildman–Crippen MR) is 170 cm³/mol. The molecule has 2 aromatic heterocycles. The lowest BCUT2D eigenvalue weighted by molar-refractivity contribution is -0.157. The van der Waals surface area contributed by atoms with Crippen LogP contribution in [0.3, 0.4) is 0 Å². The number of nitrogens with one attached hydrogen (secondary N) is 1. The van der Waals surface area contributed by atoms with Gasteiger partial charge >= 0.3 is 11.9 Å². The molecule has 3 unspecified atom stereocenters. The van der Waals surface area contributed by atoms with Crippen LogP contribution in [0.15, 0.2) is 51.9 Å². The number of nitrogens with two attached hydrogens (primary N) is 2. The summed E-state index contributed by atoms with van der Waals surface area (Å²) >= 11 is 3.34. The number of esters is 1. The maximum atomic E-state index is 13.4. The van der Waals surface area contributed by atoms with E-state index < -0.39 is 47.0 Å². The van der Waals surface area contributed by atoms with Gasteiger partial charge in [0.25, 0.3) is 11.8 Å². The number of tetrazole rings is 1. The summed E-state index contributed by atoms with van der Waals surface area (Å²) < 4.78 is 10.8. The van der Waals surface area contributed by atoms with E-state index in [0.29, 0.717) is 30.2 Å². The first-order valence-corrected chi connectivity index (χ1v) is 16.8. The van der Waals surface area contributed by atoms with Crippen LogP contribution >= 0.6 is 35.1 Å². The van der Waals surface area contributed by atoms with E-state index in [0.717, 1.165) is 22.0 Å². The summed E-state index contributed by atoms with van der Waals surface area (Å²) in [6.07, 6.45) is -0.545. The summed E-state index contributed by atoms with van der Waals surface area (Å²) in [7, 11) is 0. The minimum atomic E-state index is -1.28. The molecule has 0 aliphatic carbocycles. The number of aryl methyl sites for hydroxylation is 1. The number of nitrogens with zero attached hydrogens (tertiary/aromatic N) is 8. The predicted octanol–water partition coefficient (Wildman–Crippen LogP) is -0.161. The van der Waals surface area contributed by atoms with Crippen LogP contribution in [0.5, 0.6) is 0 Å². The highest BCUT2D eigenvalue weighted by molar-refractivity contribution is 8.01. The van der Waals surface area contributed by atoms with Crippen molar-refractivity contribution < 1.29 is 33.9 Å². The first-order valence-electron chi connectivity index (χ1n) is 14.0. The number of carbonyl (C=O) groups is 4. The number of anilines is 1.